The van der Waals surface area contributed by atoms with Crippen LogP contribution in [-0.4, -0.2) is 9.97 Å². The Morgan fingerprint density at radius 3 is 2.41 bits per heavy atom. The van der Waals surface area contributed by atoms with Gasteiger partial charge in [0.15, 0.2) is 0 Å². The lowest BCUT2D eigenvalue weighted by Crippen LogP contribution is -2.01. The van der Waals surface area contributed by atoms with E-state index in [0.717, 1.165) is 5.56 Å². The summed E-state index contributed by atoms with van der Waals surface area (Å²) in [5.74, 6) is 0.654. The molecule has 0 aliphatic carbocycles. The Morgan fingerprint density at radius 1 is 1.06 bits per heavy atom. The monoisotopic (exact) mass is 287 g/mol. The molecule has 1 N–H and O–H groups in total. The molecule has 6 heteroatoms. The Hall–Kier alpha value is -1.03. The molecule has 1 heterocycles. The molecule has 0 fully saturated rings. The molecule has 1 aromatic heterocycles. The van der Waals surface area contributed by atoms with E-state index < -0.39 is 0 Å². The van der Waals surface area contributed by atoms with Gasteiger partial charge in [0.25, 0.3) is 0 Å². The van der Waals surface area contributed by atoms with E-state index in [1.807, 2.05) is 12.1 Å². The van der Waals surface area contributed by atoms with Gasteiger partial charge in [0.1, 0.15) is 5.82 Å². The van der Waals surface area contributed by atoms with Crippen molar-refractivity contribution in [1.82, 2.24) is 9.97 Å². The number of benzene rings is 1. The highest BCUT2D eigenvalue weighted by Gasteiger charge is 2.00. The average Bonchev–Trinajstić information content (AvgIpc) is 2.25. The summed E-state index contributed by atoms with van der Waals surface area (Å²) in [6.07, 6.45) is 1.59. The minimum absolute atomic E-state index is 0.208. The zero-order chi connectivity index (χ0) is 12.3. The van der Waals surface area contributed by atoms with E-state index in [4.69, 9.17) is 34.8 Å². The van der Waals surface area contributed by atoms with Gasteiger partial charge < -0.3 is 5.32 Å². The maximum atomic E-state index is 5.90. The Morgan fingerprint density at radius 2 is 1.76 bits per heavy atom. The molecule has 0 aliphatic rings. The number of hydrogen-bond donors (Lipinski definition) is 1. The highest BCUT2D eigenvalue weighted by Crippen LogP contribution is 2.19. The zero-order valence-electron chi connectivity index (χ0n) is 8.62. The smallest absolute Gasteiger partial charge is 0.224 e. The van der Waals surface area contributed by atoms with Crippen molar-refractivity contribution < 1.29 is 0 Å². The molecule has 0 radical (unpaired) electrons. The Kier molecular flexibility index (Phi) is 4.05. The average molecular weight is 289 g/mol. The van der Waals surface area contributed by atoms with Crippen LogP contribution in [0.5, 0.6) is 0 Å². The molecule has 2 aromatic rings. The molecule has 0 saturated carbocycles. The van der Waals surface area contributed by atoms with Crippen LogP contribution in [0.15, 0.2) is 30.5 Å². The van der Waals surface area contributed by atoms with Crippen LogP contribution in [0.3, 0.4) is 0 Å². The van der Waals surface area contributed by atoms with Gasteiger partial charge in [-0.15, -0.1) is 0 Å². The summed E-state index contributed by atoms with van der Waals surface area (Å²) < 4.78 is 0. The number of nitrogens with zero attached hydrogens (tertiary/aromatic N) is 2. The largest absolute Gasteiger partial charge is 0.366 e. The Bertz CT molecular complexity index is 511. The third-order valence-electron chi connectivity index (χ3n) is 2.02. The topological polar surface area (TPSA) is 37.8 Å². The minimum Gasteiger partial charge on any atom is -0.366 e. The van der Waals surface area contributed by atoms with Crippen molar-refractivity contribution in [1.29, 1.82) is 0 Å². The lowest BCUT2D eigenvalue weighted by Gasteiger charge is -2.06. The first-order valence-corrected chi connectivity index (χ1v) is 5.94. The van der Waals surface area contributed by atoms with Crippen molar-refractivity contribution in [2.24, 2.45) is 0 Å². The fourth-order valence-corrected chi connectivity index (χ4v) is 2.06. The summed E-state index contributed by atoms with van der Waals surface area (Å²) in [4.78, 5) is 7.81. The van der Waals surface area contributed by atoms with Crippen LogP contribution in [0.1, 0.15) is 5.56 Å². The molecule has 0 unspecified atom stereocenters. The fraction of sp³-hybridized carbons (Fsp3) is 0.0909. The SMILES string of the molecule is Clc1cc(Cl)cc(CNc2ccnc(Cl)n2)c1. The van der Waals surface area contributed by atoms with Crippen molar-refractivity contribution in [3.05, 3.63) is 51.4 Å². The molecule has 0 spiro atoms. The van der Waals surface area contributed by atoms with Crippen molar-refractivity contribution in [2.45, 2.75) is 6.54 Å². The number of hydrogen-bond acceptors (Lipinski definition) is 3. The molecule has 3 nitrogen and oxygen atoms in total. The zero-order valence-corrected chi connectivity index (χ0v) is 10.9. The first kappa shape index (κ1) is 12.4. The van der Waals surface area contributed by atoms with Crippen LogP contribution in [0.2, 0.25) is 15.3 Å². The molecule has 0 amide bonds. The van der Waals surface area contributed by atoms with Gasteiger partial charge in [0.05, 0.1) is 0 Å². The highest BCUT2D eigenvalue weighted by molar-refractivity contribution is 6.34. The van der Waals surface area contributed by atoms with E-state index in [1.54, 1.807) is 18.3 Å². The molecule has 1 aromatic carbocycles. The van der Waals surface area contributed by atoms with Gasteiger partial charge in [-0.25, -0.2) is 9.97 Å². The van der Waals surface area contributed by atoms with E-state index in [0.29, 0.717) is 22.4 Å². The standard InChI is InChI=1S/C11H8Cl3N3/c12-8-3-7(4-9(13)5-8)6-16-10-1-2-15-11(14)17-10/h1-5H,6H2,(H,15,16,17). The molecule has 0 bridgehead atoms. The van der Waals surface area contributed by atoms with Gasteiger partial charge in [0.2, 0.25) is 5.28 Å². The summed E-state index contributed by atoms with van der Waals surface area (Å²) in [7, 11) is 0. The van der Waals surface area contributed by atoms with Crippen molar-refractivity contribution in [3.8, 4) is 0 Å². The van der Waals surface area contributed by atoms with E-state index in [9.17, 15) is 0 Å². The lowest BCUT2D eigenvalue weighted by molar-refractivity contribution is 1.08. The second kappa shape index (κ2) is 5.54. The molecular weight excluding hydrogens is 281 g/mol. The molecule has 17 heavy (non-hydrogen) atoms. The summed E-state index contributed by atoms with van der Waals surface area (Å²) in [5, 5.41) is 4.52. The summed E-state index contributed by atoms with van der Waals surface area (Å²) in [5.41, 5.74) is 0.970. The maximum absolute atomic E-state index is 5.90. The Labute approximate surface area is 114 Å². The van der Waals surface area contributed by atoms with E-state index in [2.05, 4.69) is 15.3 Å². The van der Waals surface area contributed by atoms with Crippen LogP contribution >= 0.6 is 34.8 Å². The van der Waals surface area contributed by atoms with Gasteiger partial charge in [0, 0.05) is 22.8 Å². The van der Waals surface area contributed by atoms with E-state index in [-0.39, 0.29) is 5.28 Å². The van der Waals surface area contributed by atoms with Crippen LogP contribution < -0.4 is 5.32 Å². The van der Waals surface area contributed by atoms with Gasteiger partial charge in [-0.05, 0) is 41.4 Å². The lowest BCUT2D eigenvalue weighted by atomic mass is 10.2. The predicted octanol–water partition coefficient (Wildman–Crippen LogP) is 4.05. The van der Waals surface area contributed by atoms with Crippen LogP contribution in [0.25, 0.3) is 0 Å². The van der Waals surface area contributed by atoms with Crippen molar-refractivity contribution >= 4 is 40.6 Å². The third-order valence-corrected chi connectivity index (χ3v) is 2.64. The maximum Gasteiger partial charge on any atom is 0.224 e. The number of nitrogens with one attached hydrogen (secondary N) is 1. The molecule has 2 rings (SSSR count). The summed E-state index contributed by atoms with van der Waals surface area (Å²) in [6, 6.07) is 7.10. The summed E-state index contributed by atoms with van der Waals surface area (Å²) >= 11 is 17.5. The van der Waals surface area contributed by atoms with Gasteiger partial charge in [-0.2, -0.15) is 0 Å². The molecule has 0 atom stereocenters. The van der Waals surface area contributed by atoms with Crippen LogP contribution in [0.4, 0.5) is 5.82 Å². The quantitative estimate of drug-likeness (QED) is 0.866. The normalized spacial score (nSPS) is 10.3. The molecule has 88 valence electrons. The molecule has 0 aliphatic heterocycles. The van der Waals surface area contributed by atoms with Crippen LogP contribution in [0, 0.1) is 0 Å². The van der Waals surface area contributed by atoms with Crippen molar-refractivity contribution in [2.75, 3.05) is 5.32 Å². The number of aromatic nitrogens is 2. The second-order valence-corrected chi connectivity index (χ2v) is 4.55. The fourth-order valence-electron chi connectivity index (χ4n) is 1.34. The number of anilines is 1. The highest BCUT2D eigenvalue weighted by atomic mass is 35.5. The third kappa shape index (κ3) is 3.73. The van der Waals surface area contributed by atoms with E-state index >= 15 is 0 Å². The predicted molar refractivity (Wildman–Crippen MR) is 70.8 cm³/mol. The molecule has 0 saturated heterocycles. The minimum atomic E-state index is 0.208. The summed E-state index contributed by atoms with van der Waals surface area (Å²) in [6.45, 7) is 0.563. The van der Waals surface area contributed by atoms with Crippen molar-refractivity contribution in [3.63, 3.8) is 0 Å². The van der Waals surface area contributed by atoms with E-state index in [1.165, 1.54) is 0 Å². The van der Waals surface area contributed by atoms with Gasteiger partial charge in [-0.1, -0.05) is 23.2 Å². The number of rotatable bonds is 3. The molecular formula is C11H8Cl3N3. The second-order valence-electron chi connectivity index (χ2n) is 3.34. The first-order valence-electron chi connectivity index (χ1n) is 4.81. The first-order chi connectivity index (χ1) is 8.13. The van der Waals surface area contributed by atoms with Gasteiger partial charge >= 0.3 is 0 Å². The van der Waals surface area contributed by atoms with Crippen LogP contribution in [-0.2, 0) is 6.54 Å². The number of halogens is 3. The Balaban J connectivity index is 2.07. The van der Waals surface area contributed by atoms with Gasteiger partial charge in [-0.3, -0.25) is 0 Å².